The van der Waals surface area contributed by atoms with Crippen molar-refractivity contribution in [2.45, 2.75) is 44.4 Å². The Hall–Kier alpha value is -2.53. The van der Waals surface area contributed by atoms with E-state index in [1.807, 2.05) is 12.3 Å². The first-order valence-corrected chi connectivity index (χ1v) is 10.8. The number of hydrogen-bond donors (Lipinski definition) is 1. The number of pyridine rings is 1. The van der Waals surface area contributed by atoms with E-state index in [9.17, 15) is 8.78 Å². The molecule has 154 valence electrons. The number of fused-ring (bicyclic) bond motifs is 2. The van der Waals surface area contributed by atoms with E-state index < -0.39 is 5.82 Å². The summed E-state index contributed by atoms with van der Waals surface area (Å²) in [6.45, 7) is 2.18. The number of aromatic amines is 1. The molecule has 2 aromatic carbocycles. The summed E-state index contributed by atoms with van der Waals surface area (Å²) in [6, 6.07) is 9.83. The van der Waals surface area contributed by atoms with Crippen molar-refractivity contribution in [1.82, 2.24) is 15.0 Å². The van der Waals surface area contributed by atoms with Crippen molar-refractivity contribution in [3.05, 3.63) is 70.6 Å². The van der Waals surface area contributed by atoms with Crippen molar-refractivity contribution in [1.29, 1.82) is 0 Å². The predicted molar refractivity (Wildman–Crippen MR) is 116 cm³/mol. The van der Waals surface area contributed by atoms with Gasteiger partial charge in [0, 0.05) is 23.6 Å². The normalized spacial score (nSPS) is 20.7. The second kappa shape index (κ2) is 7.62. The molecule has 1 atom stereocenters. The lowest BCUT2D eigenvalue weighted by atomic mass is 9.73. The molecule has 6 heteroatoms. The van der Waals surface area contributed by atoms with Crippen LogP contribution >= 0.6 is 11.6 Å². The first-order chi connectivity index (χ1) is 14.5. The van der Waals surface area contributed by atoms with Crippen molar-refractivity contribution in [2.24, 2.45) is 5.92 Å². The first kappa shape index (κ1) is 19.4. The molecule has 2 aromatic heterocycles. The van der Waals surface area contributed by atoms with Crippen molar-refractivity contribution in [3.63, 3.8) is 0 Å². The highest BCUT2D eigenvalue weighted by Crippen LogP contribution is 2.43. The summed E-state index contributed by atoms with van der Waals surface area (Å²) in [7, 11) is 0. The number of nitrogens with zero attached hydrogens (tertiary/aromatic N) is 2. The minimum Gasteiger partial charge on any atom is -0.342 e. The van der Waals surface area contributed by atoms with Gasteiger partial charge in [0.15, 0.2) is 0 Å². The summed E-state index contributed by atoms with van der Waals surface area (Å²) in [5, 5.41) is 1.03. The third-order valence-electron chi connectivity index (χ3n) is 6.63. The zero-order chi connectivity index (χ0) is 20.8. The Kier molecular flexibility index (Phi) is 4.94. The maximum Gasteiger partial charge on any atom is 0.144 e. The van der Waals surface area contributed by atoms with E-state index in [0.717, 1.165) is 47.9 Å². The molecule has 1 aliphatic carbocycles. The van der Waals surface area contributed by atoms with Crippen LogP contribution in [0.2, 0.25) is 5.02 Å². The van der Waals surface area contributed by atoms with Crippen LogP contribution in [0.5, 0.6) is 0 Å². The molecule has 1 fully saturated rings. The topological polar surface area (TPSA) is 41.6 Å². The Morgan fingerprint density at radius 1 is 1.03 bits per heavy atom. The molecule has 5 rings (SSSR count). The van der Waals surface area contributed by atoms with Gasteiger partial charge in [0.25, 0.3) is 0 Å². The summed E-state index contributed by atoms with van der Waals surface area (Å²) in [6.07, 6.45) is 6.05. The monoisotopic (exact) mass is 425 g/mol. The lowest BCUT2D eigenvalue weighted by molar-refractivity contribution is 0.286. The highest BCUT2D eigenvalue weighted by atomic mass is 35.5. The van der Waals surface area contributed by atoms with Gasteiger partial charge < -0.3 is 4.98 Å². The number of rotatable bonds is 3. The fourth-order valence-corrected chi connectivity index (χ4v) is 5.05. The molecule has 30 heavy (non-hydrogen) atoms. The van der Waals surface area contributed by atoms with Crippen LogP contribution in [0.1, 0.15) is 55.8 Å². The molecule has 0 amide bonds. The minimum absolute atomic E-state index is 0.104. The van der Waals surface area contributed by atoms with E-state index in [0.29, 0.717) is 17.4 Å². The van der Waals surface area contributed by atoms with E-state index in [1.165, 1.54) is 17.7 Å². The number of benzene rings is 2. The number of imidazole rings is 1. The number of hydrogen-bond acceptors (Lipinski definition) is 2. The third kappa shape index (κ3) is 3.45. The number of nitrogens with one attached hydrogen (secondary N) is 1. The third-order valence-corrected chi connectivity index (χ3v) is 6.92. The zero-order valence-electron chi connectivity index (χ0n) is 16.6. The summed E-state index contributed by atoms with van der Waals surface area (Å²) in [5.41, 5.74) is 3.41. The molecule has 1 aliphatic rings. The van der Waals surface area contributed by atoms with Gasteiger partial charge in [0.05, 0.1) is 21.6 Å². The zero-order valence-corrected chi connectivity index (χ0v) is 17.4. The van der Waals surface area contributed by atoms with Crippen molar-refractivity contribution < 1.29 is 8.78 Å². The van der Waals surface area contributed by atoms with Crippen molar-refractivity contribution in [2.75, 3.05) is 0 Å². The maximum absolute atomic E-state index is 13.8. The SMILES string of the molecule is C[C@H](c1nc2cc(F)c(Cl)cc2[nH]1)[C@H]1CC[C@@H](c2ccnc3ccc(F)cc32)CC1. The molecule has 0 aliphatic heterocycles. The Morgan fingerprint density at radius 2 is 1.83 bits per heavy atom. The smallest absolute Gasteiger partial charge is 0.144 e. The van der Waals surface area contributed by atoms with E-state index >= 15 is 0 Å². The van der Waals surface area contributed by atoms with Crippen LogP contribution in [0.3, 0.4) is 0 Å². The van der Waals surface area contributed by atoms with Crippen molar-refractivity contribution in [3.8, 4) is 0 Å². The van der Waals surface area contributed by atoms with Gasteiger partial charge in [-0.25, -0.2) is 13.8 Å². The Morgan fingerprint density at radius 3 is 2.63 bits per heavy atom. The second-order valence-corrected chi connectivity index (χ2v) is 8.77. The summed E-state index contributed by atoms with van der Waals surface area (Å²) in [5.74, 6) is 1.35. The predicted octanol–water partition coefficient (Wildman–Crippen LogP) is 7.12. The highest BCUT2D eigenvalue weighted by molar-refractivity contribution is 6.31. The van der Waals surface area contributed by atoms with Crippen LogP contribution in [-0.2, 0) is 0 Å². The van der Waals surface area contributed by atoms with Crippen molar-refractivity contribution >= 4 is 33.5 Å². The van der Waals surface area contributed by atoms with Gasteiger partial charge in [0.2, 0.25) is 0 Å². The van der Waals surface area contributed by atoms with Crippen LogP contribution in [-0.4, -0.2) is 15.0 Å². The van der Waals surface area contributed by atoms with Gasteiger partial charge in [-0.2, -0.15) is 0 Å². The van der Waals surface area contributed by atoms with Crippen LogP contribution < -0.4 is 0 Å². The molecule has 3 nitrogen and oxygen atoms in total. The lowest BCUT2D eigenvalue weighted by Crippen LogP contribution is -2.19. The van der Waals surface area contributed by atoms with E-state index in [-0.39, 0.29) is 16.8 Å². The van der Waals surface area contributed by atoms with E-state index in [2.05, 4.69) is 21.9 Å². The Bertz CT molecular complexity index is 1190. The number of H-pyrrole nitrogens is 1. The van der Waals surface area contributed by atoms with Gasteiger partial charge in [-0.1, -0.05) is 18.5 Å². The van der Waals surface area contributed by atoms with Crippen LogP contribution in [0.4, 0.5) is 8.78 Å². The average Bonchev–Trinajstić information content (AvgIpc) is 3.16. The van der Waals surface area contributed by atoms with Gasteiger partial charge in [-0.3, -0.25) is 4.98 Å². The fourth-order valence-electron chi connectivity index (χ4n) is 4.89. The molecule has 4 aromatic rings. The van der Waals surface area contributed by atoms with Gasteiger partial charge >= 0.3 is 0 Å². The molecular formula is C24H22ClF2N3. The quantitative estimate of drug-likeness (QED) is 0.379. The summed E-state index contributed by atoms with van der Waals surface area (Å²) < 4.78 is 27.5. The molecular weight excluding hydrogens is 404 g/mol. The van der Waals surface area contributed by atoms with Gasteiger partial charge in [0.1, 0.15) is 17.5 Å². The summed E-state index contributed by atoms with van der Waals surface area (Å²) >= 11 is 5.90. The molecule has 0 spiro atoms. The highest BCUT2D eigenvalue weighted by Gasteiger charge is 2.29. The standard InChI is InChI=1S/C24H22ClF2N3/c1-13(24-29-22-11-19(25)20(27)12-23(22)30-24)14-2-4-15(5-3-14)17-8-9-28-21-7-6-16(26)10-18(17)21/h6-15H,2-5H2,1H3,(H,29,30)/t13-,14-,15+/m0/s1. The molecule has 1 N–H and O–H groups in total. The second-order valence-electron chi connectivity index (χ2n) is 8.37. The molecule has 0 saturated heterocycles. The lowest BCUT2D eigenvalue weighted by Gasteiger charge is -2.32. The van der Waals surface area contributed by atoms with Gasteiger partial charge in [-0.15, -0.1) is 0 Å². The number of halogens is 3. The molecule has 1 saturated carbocycles. The largest absolute Gasteiger partial charge is 0.342 e. The average molecular weight is 426 g/mol. The molecule has 0 bridgehead atoms. The van der Waals surface area contributed by atoms with E-state index in [4.69, 9.17) is 11.6 Å². The molecule has 0 unspecified atom stereocenters. The summed E-state index contributed by atoms with van der Waals surface area (Å²) in [4.78, 5) is 12.3. The first-order valence-electron chi connectivity index (χ1n) is 10.4. The van der Waals surface area contributed by atoms with Crippen LogP contribution in [0, 0.1) is 17.6 Å². The van der Waals surface area contributed by atoms with Crippen LogP contribution in [0.15, 0.2) is 42.6 Å². The Balaban J connectivity index is 1.34. The number of aromatic nitrogens is 3. The van der Waals surface area contributed by atoms with Crippen LogP contribution in [0.25, 0.3) is 21.9 Å². The molecule has 2 heterocycles. The maximum atomic E-state index is 13.8. The minimum atomic E-state index is -0.448. The molecule has 0 radical (unpaired) electrons. The van der Waals surface area contributed by atoms with E-state index in [1.54, 1.807) is 18.2 Å². The van der Waals surface area contributed by atoms with Gasteiger partial charge in [-0.05, 0) is 73.4 Å². The fraction of sp³-hybridized carbons (Fsp3) is 0.333. The Labute approximate surface area is 178 Å².